The third kappa shape index (κ3) is 3.64. The number of rotatable bonds is 1. The number of urea groups is 1. The molecule has 1 atom stereocenters. The normalized spacial score (nSPS) is 17.1. The smallest absolute Gasteiger partial charge is 0.339 e. The summed E-state index contributed by atoms with van der Waals surface area (Å²) in [7, 11) is 0. The minimum Gasteiger partial charge on any atom is -0.350 e. The Balaban J connectivity index is 2.56. The van der Waals surface area contributed by atoms with Crippen LogP contribution in [0.25, 0.3) is 0 Å². The number of nitrogens with two attached hydrogens (primary N) is 1. The molecule has 0 aliphatic heterocycles. The predicted molar refractivity (Wildman–Crippen MR) is 57.0 cm³/mol. The van der Waals surface area contributed by atoms with Crippen molar-refractivity contribution >= 4 is 6.03 Å². The average Bonchev–Trinajstić information content (AvgIpc) is 2.26. The van der Waals surface area contributed by atoms with Crippen LogP contribution in [0.1, 0.15) is 32.6 Å². The minimum absolute atomic E-state index is 0.441. The summed E-state index contributed by atoms with van der Waals surface area (Å²) in [5, 5.41) is 9.60. The Labute approximate surface area is 89.7 Å². The molecule has 0 saturated heterocycles. The van der Waals surface area contributed by atoms with Crippen molar-refractivity contribution < 1.29 is 10.0 Å². The first-order valence-electron chi connectivity index (χ1n) is 5.09. The van der Waals surface area contributed by atoms with Crippen LogP contribution in [-0.4, -0.2) is 22.3 Å². The Morgan fingerprint density at radius 1 is 1.67 bits per heavy atom. The van der Waals surface area contributed by atoms with Gasteiger partial charge in [0.25, 0.3) is 0 Å². The molecule has 1 unspecified atom stereocenters. The second-order valence-corrected chi connectivity index (χ2v) is 3.60. The number of carbonyl (C=O) groups excluding carboxylic acids is 1. The van der Waals surface area contributed by atoms with E-state index in [1.807, 2.05) is 0 Å². The number of amides is 2. The van der Waals surface area contributed by atoms with Gasteiger partial charge < -0.3 is 5.73 Å². The molecule has 1 rings (SSSR count). The molecule has 0 aromatic rings. The molecule has 0 aromatic carbocycles. The summed E-state index contributed by atoms with van der Waals surface area (Å²) in [5.74, 6) is 5.75. The molecule has 0 radical (unpaired) electrons. The molecule has 1 aliphatic carbocycles. The van der Waals surface area contributed by atoms with E-state index in [4.69, 9.17) is 10.9 Å². The monoisotopic (exact) mass is 208 g/mol. The fourth-order valence-corrected chi connectivity index (χ4v) is 1.40. The van der Waals surface area contributed by atoms with Crippen molar-refractivity contribution in [2.75, 3.05) is 0 Å². The van der Waals surface area contributed by atoms with Crippen molar-refractivity contribution in [2.45, 2.75) is 38.6 Å². The largest absolute Gasteiger partial charge is 0.350 e. The highest BCUT2D eigenvalue weighted by Crippen LogP contribution is 2.16. The maximum Gasteiger partial charge on any atom is 0.339 e. The van der Waals surface area contributed by atoms with Gasteiger partial charge in [-0.2, -0.15) is 5.06 Å². The number of allylic oxidation sites excluding steroid dienone is 2. The van der Waals surface area contributed by atoms with E-state index in [-0.39, 0.29) is 0 Å². The van der Waals surface area contributed by atoms with Crippen LogP contribution in [0.3, 0.4) is 0 Å². The highest BCUT2D eigenvalue weighted by Gasteiger charge is 2.11. The van der Waals surface area contributed by atoms with E-state index in [0.29, 0.717) is 5.06 Å². The number of hydrogen-bond donors (Lipinski definition) is 2. The van der Waals surface area contributed by atoms with E-state index in [9.17, 15) is 4.79 Å². The number of hydrogen-bond acceptors (Lipinski definition) is 2. The molecule has 4 heteroatoms. The summed E-state index contributed by atoms with van der Waals surface area (Å²) in [5.41, 5.74) is 5.99. The minimum atomic E-state index is -0.880. The van der Waals surface area contributed by atoms with Crippen molar-refractivity contribution in [1.82, 2.24) is 5.06 Å². The van der Waals surface area contributed by atoms with Gasteiger partial charge >= 0.3 is 6.03 Å². The first kappa shape index (κ1) is 11.6. The van der Waals surface area contributed by atoms with Crippen molar-refractivity contribution in [1.29, 1.82) is 0 Å². The highest BCUT2D eigenvalue weighted by atomic mass is 16.5. The summed E-state index contributed by atoms with van der Waals surface area (Å²) >= 11 is 0. The molecule has 15 heavy (non-hydrogen) atoms. The van der Waals surface area contributed by atoms with Crippen molar-refractivity contribution in [3.8, 4) is 11.8 Å². The van der Waals surface area contributed by atoms with E-state index in [0.717, 1.165) is 24.8 Å². The van der Waals surface area contributed by atoms with Crippen molar-refractivity contribution in [2.24, 2.45) is 5.73 Å². The number of carbonyl (C=O) groups is 1. The van der Waals surface area contributed by atoms with Crippen LogP contribution in [0, 0.1) is 11.8 Å². The lowest BCUT2D eigenvalue weighted by atomic mass is 10.00. The summed E-state index contributed by atoms with van der Waals surface area (Å²) in [6.07, 6.45) is 6.54. The van der Waals surface area contributed by atoms with Crippen LogP contribution >= 0.6 is 0 Å². The van der Waals surface area contributed by atoms with Crippen LogP contribution in [0.4, 0.5) is 4.79 Å². The third-order valence-corrected chi connectivity index (χ3v) is 2.33. The molecule has 0 fully saturated rings. The summed E-state index contributed by atoms with van der Waals surface area (Å²) in [6.45, 7) is 1.63. The lowest BCUT2D eigenvalue weighted by Gasteiger charge is -2.15. The van der Waals surface area contributed by atoms with Crippen LogP contribution in [0.15, 0.2) is 11.6 Å². The van der Waals surface area contributed by atoms with Crippen LogP contribution in [-0.2, 0) is 0 Å². The van der Waals surface area contributed by atoms with Gasteiger partial charge in [0, 0.05) is 0 Å². The molecule has 1 aliphatic rings. The average molecular weight is 208 g/mol. The van der Waals surface area contributed by atoms with Gasteiger partial charge in [0.2, 0.25) is 0 Å². The van der Waals surface area contributed by atoms with Crippen LogP contribution < -0.4 is 5.73 Å². The Bertz CT molecular complexity index is 325. The fourth-order valence-electron chi connectivity index (χ4n) is 1.40. The van der Waals surface area contributed by atoms with Gasteiger partial charge in [-0.3, -0.25) is 5.21 Å². The first-order valence-corrected chi connectivity index (χ1v) is 5.09. The summed E-state index contributed by atoms with van der Waals surface area (Å²) in [4.78, 5) is 10.6. The molecule has 0 saturated carbocycles. The number of primary amides is 1. The molecule has 0 aromatic heterocycles. The van der Waals surface area contributed by atoms with Crippen LogP contribution in [0.5, 0.6) is 0 Å². The van der Waals surface area contributed by atoms with Crippen molar-refractivity contribution in [3.05, 3.63) is 11.6 Å². The summed E-state index contributed by atoms with van der Waals surface area (Å²) in [6, 6.07) is -1.44. The second kappa shape index (κ2) is 5.42. The van der Waals surface area contributed by atoms with Gasteiger partial charge in [0.05, 0.1) is 0 Å². The SMILES string of the molecule is CC(C#CC1=CCCCC1)N(O)C(N)=O. The zero-order valence-electron chi connectivity index (χ0n) is 8.86. The maximum atomic E-state index is 10.6. The lowest BCUT2D eigenvalue weighted by molar-refractivity contribution is -0.0536. The van der Waals surface area contributed by atoms with Gasteiger partial charge in [-0.1, -0.05) is 17.9 Å². The Morgan fingerprint density at radius 3 is 2.93 bits per heavy atom. The van der Waals surface area contributed by atoms with E-state index in [1.165, 1.54) is 6.42 Å². The third-order valence-electron chi connectivity index (χ3n) is 2.33. The summed E-state index contributed by atoms with van der Waals surface area (Å²) < 4.78 is 0. The molecule has 4 nitrogen and oxygen atoms in total. The molecule has 0 heterocycles. The number of hydroxylamine groups is 2. The topological polar surface area (TPSA) is 66.6 Å². The van der Waals surface area contributed by atoms with E-state index < -0.39 is 12.1 Å². The maximum absolute atomic E-state index is 10.6. The van der Waals surface area contributed by atoms with E-state index >= 15 is 0 Å². The molecular weight excluding hydrogens is 192 g/mol. The van der Waals surface area contributed by atoms with E-state index in [1.54, 1.807) is 6.92 Å². The van der Waals surface area contributed by atoms with Crippen molar-refractivity contribution in [3.63, 3.8) is 0 Å². The molecule has 0 bridgehead atoms. The van der Waals surface area contributed by atoms with Gasteiger partial charge in [0.1, 0.15) is 6.04 Å². The quantitative estimate of drug-likeness (QED) is 0.391. The molecule has 3 N–H and O–H groups in total. The first-order chi connectivity index (χ1) is 7.11. The Hall–Kier alpha value is -1.47. The molecule has 2 amide bonds. The standard InChI is InChI=1S/C11H16N2O2/c1-9(13(15)11(12)14)7-8-10-5-3-2-4-6-10/h5,9,15H,2-4,6H2,1H3,(H2,12,14). The highest BCUT2D eigenvalue weighted by molar-refractivity contribution is 5.71. The Kier molecular flexibility index (Phi) is 4.19. The fraction of sp³-hybridized carbons (Fsp3) is 0.545. The molecule has 82 valence electrons. The Morgan fingerprint density at radius 2 is 2.40 bits per heavy atom. The zero-order valence-corrected chi connectivity index (χ0v) is 8.86. The van der Waals surface area contributed by atoms with Gasteiger partial charge in [0.15, 0.2) is 0 Å². The van der Waals surface area contributed by atoms with Gasteiger partial charge in [-0.25, -0.2) is 4.79 Å². The second-order valence-electron chi connectivity index (χ2n) is 3.60. The van der Waals surface area contributed by atoms with Gasteiger partial charge in [-0.15, -0.1) is 0 Å². The molecular formula is C11H16N2O2. The zero-order chi connectivity index (χ0) is 11.3. The lowest BCUT2D eigenvalue weighted by Crippen LogP contribution is -2.38. The van der Waals surface area contributed by atoms with Crippen LogP contribution in [0.2, 0.25) is 0 Å². The number of nitrogens with zero attached hydrogens (tertiary/aromatic N) is 1. The van der Waals surface area contributed by atoms with E-state index in [2.05, 4.69) is 17.9 Å². The predicted octanol–water partition coefficient (Wildman–Crippen LogP) is 1.65. The molecule has 0 spiro atoms. The van der Waals surface area contributed by atoms with Gasteiger partial charge in [-0.05, 0) is 38.2 Å².